The first-order valence-corrected chi connectivity index (χ1v) is 4.84. The third-order valence-corrected chi connectivity index (χ3v) is 3.05. The molecule has 2 heteroatoms. The van der Waals surface area contributed by atoms with Crippen molar-refractivity contribution in [2.45, 2.75) is 31.7 Å². The van der Waals surface area contributed by atoms with E-state index in [1.54, 1.807) is 0 Å². The van der Waals surface area contributed by atoms with Crippen LogP contribution in [0.2, 0.25) is 0 Å². The number of aryl methyl sites for hydroxylation is 1. The number of nitrogens with one attached hydrogen (secondary N) is 1. The van der Waals surface area contributed by atoms with Crippen molar-refractivity contribution < 1.29 is 0 Å². The molecule has 1 aliphatic carbocycles. The molecule has 13 heavy (non-hydrogen) atoms. The maximum Gasteiger partial charge on any atom is 0.0299 e. The Morgan fingerprint density at radius 3 is 2.85 bits per heavy atom. The molecule has 1 N–H and O–H groups in total. The lowest BCUT2D eigenvalue weighted by molar-refractivity contribution is 0.547. The van der Waals surface area contributed by atoms with Gasteiger partial charge in [-0.05, 0) is 50.4 Å². The molecule has 0 atom stereocenters. The number of hydrogen-bond donors (Lipinski definition) is 1. The summed E-state index contributed by atoms with van der Waals surface area (Å²) in [5.74, 6) is 0. The number of rotatable bonds is 3. The number of likely N-dealkylation sites (N-methyl/N-ethyl adjacent to an activating group) is 1. The van der Waals surface area contributed by atoms with Gasteiger partial charge in [0.2, 0.25) is 0 Å². The van der Waals surface area contributed by atoms with Gasteiger partial charge in [-0.1, -0.05) is 0 Å². The van der Waals surface area contributed by atoms with E-state index in [2.05, 4.69) is 30.3 Å². The standard InChI is InChI=1S/C11H16N2/c1-9-8-13-6-3-10(9)7-11(12-2)4-5-11/h3,6,8,12H,4-5,7H2,1-2H3. The first kappa shape index (κ1) is 8.70. The predicted octanol–water partition coefficient (Wildman–Crippen LogP) is 1.68. The second-order valence-corrected chi connectivity index (χ2v) is 4.01. The fraction of sp³-hybridized carbons (Fsp3) is 0.545. The molecule has 1 aromatic rings. The summed E-state index contributed by atoms with van der Waals surface area (Å²) < 4.78 is 0. The summed E-state index contributed by atoms with van der Waals surface area (Å²) in [6.45, 7) is 2.13. The molecule has 0 aromatic carbocycles. The van der Waals surface area contributed by atoms with Crippen LogP contribution in [-0.4, -0.2) is 17.6 Å². The van der Waals surface area contributed by atoms with Crippen molar-refractivity contribution in [2.75, 3.05) is 7.05 Å². The normalized spacial score (nSPS) is 18.6. The van der Waals surface area contributed by atoms with Crippen LogP contribution in [0.5, 0.6) is 0 Å². The van der Waals surface area contributed by atoms with Crippen molar-refractivity contribution >= 4 is 0 Å². The zero-order valence-corrected chi connectivity index (χ0v) is 8.30. The zero-order valence-electron chi connectivity index (χ0n) is 8.30. The van der Waals surface area contributed by atoms with Crippen molar-refractivity contribution in [1.82, 2.24) is 10.3 Å². The summed E-state index contributed by atoms with van der Waals surface area (Å²) in [6, 6.07) is 2.13. The van der Waals surface area contributed by atoms with Crippen LogP contribution in [0.25, 0.3) is 0 Å². The van der Waals surface area contributed by atoms with Crippen LogP contribution < -0.4 is 5.32 Å². The Hall–Kier alpha value is -0.890. The quantitative estimate of drug-likeness (QED) is 0.758. The summed E-state index contributed by atoms with van der Waals surface area (Å²) in [5.41, 5.74) is 3.15. The van der Waals surface area contributed by atoms with E-state index in [0.29, 0.717) is 5.54 Å². The van der Waals surface area contributed by atoms with E-state index < -0.39 is 0 Å². The van der Waals surface area contributed by atoms with Crippen LogP contribution in [0.15, 0.2) is 18.5 Å². The van der Waals surface area contributed by atoms with Crippen LogP contribution in [-0.2, 0) is 6.42 Å². The molecule has 0 unspecified atom stereocenters. The van der Waals surface area contributed by atoms with E-state index in [1.165, 1.54) is 24.0 Å². The van der Waals surface area contributed by atoms with E-state index in [1.807, 2.05) is 12.4 Å². The van der Waals surface area contributed by atoms with Crippen molar-refractivity contribution in [3.63, 3.8) is 0 Å². The van der Waals surface area contributed by atoms with Crippen LogP contribution in [0, 0.1) is 6.92 Å². The van der Waals surface area contributed by atoms with Crippen molar-refractivity contribution in [1.29, 1.82) is 0 Å². The fourth-order valence-electron chi connectivity index (χ4n) is 1.73. The lowest BCUT2D eigenvalue weighted by atomic mass is 10.0. The van der Waals surface area contributed by atoms with Gasteiger partial charge in [0, 0.05) is 17.9 Å². The second kappa shape index (κ2) is 3.11. The molecule has 2 nitrogen and oxygen atoms in total. The van der Waals surface area contributed by atoms with Crippen molar-refractivity contribution in [3.8, 4) is 0 Å². The number of pyridine rings is 1. The second-order valence-electron chi connectivity index (χ2n) is 4.01. The van der Waals surface area contributed by atoms with Crippen molar-refractivity contribution in [3.05, 3.63) is 29.6 Å². The molecule has 1 saturated carbocycles. The molecule has 0 amide bonds. The van der Waals surface area contributed by atoms with Crippen molar-refractivity contribution in [2.24, 2.45) is 0 Å². The van der Waals surface area contributed by atoms with E-state index in [9.17, 15) is 0 Å². The largest absolute Gasteiger partial charge is 0.314 e. The average molecular weight is 176 g/mol. The molecule has 0 bridgehead atoms. The molecule has 1 heterocycles. The maximum absolute atomic E-state index is 4.10. The van der Waals surface area contributed by atoms with E-state index >= 15 is 0 Å². The highest BCUT2D eigenvalue weighted by Gasteiger charge is 2.40. The Labute approximate surface area is 79.4 Å². The SMILES string of the molecule is CNC1(Cc2ccncc2C)CC1. The maximum atomic E-state index is 4.10. The van der Waals surface area contributed by atoms with Gasteiger partial charge in [0.1, 0.15) is 0 Å². The molecule has 0 spiro atoms. The Morgan fingerprint density at radius 2 is 2.31 bits per heavy atom. The van der Waals surface area contributed by atoms with Gasteiger partial charge in [0.15, 0.2) is 0 Å². The summed E-state index contributed by atoms with van der Waals surface area (Å²) in [6.07, 6.45) is 7.60. The highest BCUT2D eigenvalue weighted by molar-refractivity contribution is 5.26. The summed E-state index contributed by atoms with van der Waals surface area (Å²) in [4.78, 5) is 4.10. The van der Waals surface area contributed by atoms with Gasteiger partial charge < -0.3 is 5.32 Å². The molecule has 1 fully saturated rings. The van der Waals surface area contributed by atoms with Crippen LogP contribution in [0.1, 0.15) is 24.0 Å². The third-order valence-electron chi connectivity index (χ3n) is 3.05. The predicted molar refractivity (Wildman–Crippen MR) is 53.7 cm³/mol. The highest BCUT2D eigenvalue weighted by atomic mass is 15.0. The van der Waals surface area contributed by atoms with E-state index in [0.717, 1.165) is 6.42 Å². The molecule has 70 valence electrons. The summed E-state index contributed by atoms with van der Waals surface area (Å²) >= 11 is 0. The van der Waals surface area contributed by atoms with E-state index in [-0.39, 0.29) is 0 Å². The zero-order chi connectivity index (χ0) is 9.31. The van der Waals surface area contributed by atoms with Crippen LogP contribution in [0.4, 0.5) is 0 Å². The Kier molecular flexibility index (Phi) is 2.08. The molecule has 1 aromatic heterocycles. The summed E-state index contributed by atoms with van der Waals surface area (Å²) in [5, 5.41) is 3.41. The number of nitrogens with zero attached hydrogens (tertiary/aromatic N) is 1. The van der Waals surface area contributed by atoms with Crippen LogP contribution >= 0.6 is 0 Å². The molecular formula is C11H16N2. The fourth-order valence-corrected chi connectivity index (χ4v) is 1.73. The third kappa shape index (κ3) is 1.73. The molecule has 0 saturated heterocycles. The Bertz CT molecular complexity index is 303. The Morgan fingerprint density at radius 1 is 1.54 bits per heavy atom. The molecule has 0 radical (unpaired) electrons. The van der Waals surface area contributed by atoms with Gasteiger partial charge in [-0.25, -0.2) is 0 Å². The van der Waals surface area contributed by atoms with Crippen LogP contribution in [0.3, 0.4) is 0 Å². The van der Waals surface area contributed by atoms with Gasteiger partial charge in [0.05, 0.1) is 0 Å². The number of hydrogen-bond acceptors (Lipinski definition) is 2. The minimum atomic E-state index is 0.409. The molecule has 1 aliphatic rings. The number of aromatic nitrogens is 1. The van der Waals surface area contributed by atoms with E-state index in [4.69, 9.17) is 0 Å². The minimum Gasteiger partial charge on any atom is -0.314 e. The molecule has 0 aliphatic heterocycles. The monoisotopic (exact) mass is 176 g/mol. The van der Waals surface area contributed by atoms with Gasteiger partial charge in [-0.3, -0.25) is 4.98 Å². The average Bonchev–Trinajstić information content (AvgIpc) is 2.90. The Balaban J connectivity index is 2.14. The highest BCUT2D eigenvalue weighted by Crippen LogP contribution is 2.38. The first-order chi connectivity index (χ1) is 6.26. The topological polar surface area (TPSA) is 24.9 Å². The molecule has 2 rings (SSSR count). The molecular weight excluding hydrogens is 160 g/mol. The first-order valence-electron chi connectivity index (χ1n) is 4.84. The van der Waals surface area contributed by atoms with Gasteiger partial charge in [-0.15, -0.1) is 0 Å². The smallest absolute Gasteiger partial charge is 0.0299 e. The van der Waals surface area contributed by atoms with Gasteiger partial charge in [0.25, 0.3) is 0 Å². The van der Waals surface area contributed by atoms with Gasteiger partial charge in [-0.2, -0.15) is 0 Å². The minimum absolute atomic E-state index is 0.409. The lowest BCUT2D eigenvalue weighted by Gasteiger charge is -2.14. The lowest BCUT2D eigenvalue weighted by Crippen LogP contribution is -2.29. The van der Waals surface area contributed by atoms with Gasteiger partial charge >= 0.3 is 0 Å². The summed E-state index contributed by atoms with van der Waals surface area (Å²) in [7, 11) is 2.06.